The van der Waals surface area contributed by atoms with Gasteiger partial charge in [0.1, 0.15) is 0 Å². The first-order valence-corrected chi connectivity index (χ1v) is 3.24. The van der Waals surface area contributed by atoms with E-state index in [0.29, 0.717) is 5.69 Å². The van der Waals surface area contributed by atoms with Crippen LogP contribution >= 0.6 is 0 Å². The van der Waals surface area contributed by atoms with Crippen LogP contribution in [0.4, 0.5) is 10.1 Å². The van der Waals surface area contributed by atoms with E-state index >= 15 is 0 Å². The molecule has 1 N–H and O–H groups in total. The van der Waals surface area contributed by atoms with E-state index in [2.05, 4.69) is 5.32 Å². The Morgan fingerprint density at radius 1 is 1.36 bits per heavy atom. The minimum atomic E-state index is -0.977. The van der Waals surface area contributed by atoms with Crippen molar-refractivity contribution in [1.29, 1.82) is 0 Å². The number of halogens is 1. The van der Waals surface area contributed by atoms with Crippen LogP contribution in [0, 0.1) is 0 Å². The van der Waals surface area contributed by atoms with Gasteiger partial charge in [-0.1, -0.05) is 18.2 Å². The highest BCUT2D eigenvalue weighted by Crippen LogP contribution is 2.03. The summed E-state index contributed by atoms with van der Waals surface area (Å²) in [7, 11) is 0. The standard InChI is InChI=1S/C8H8FNO/c9-6-8(11)10-7-4-2-1-3-5-7/h1-5H,6H2,(H,10,11). The molecule has 0 saturated carbocycles. The van der Waals surface area contributed by atoms with E-state index in [1.165, 1.54) is 0 Å². The van der Waals surface area contributed by atoms with Gasteiger partial charge >= 0.3 is 0 Å². The van der Waals surface area contributed by atoms with Gasteiger partial charge in [-0.05, 0) is 12.1 Å². The zero-order chi connectivity index (χ0) is 8.10. The topological polar surface area (TPSA) is 29.1 Å². The van der Waals surface area contributed by atoms with Gasteiger partial charge in [-0.15, -0.1) is 0 Å². The van der Waals surface area contributed by atoms with E-state index < -0.39 is 12.6 Å². The number of alkyl halides is 1. The number of benzene rings is 1. The number of nitrogens with one attached hydrogen (secondary N) is 1. The van der Waals surface area contributed by atoms with E-state index in [4.69, 9.17) is 0 Å². The zero-order valence-electron chi connectivity index (χ0n) is 5.88. The lowest BCUT2D eigenvalue weighted by atomic mass is 10.3. The largest absolute Gasteiger partial charge is 0.324 e. The van der Waals surface area contributed by atoms with Crippen molar-refractivity contribution in [2.24, 2.45) is 0 Å². The van der Waals surface area contributed by atoms with Crippen LogP contribution in [0.1, 0.15) is 0 Å². The summed E-state index contributed by atoms with van der Waals surface area (Å²) >= 11 is 0. The molecule has 1 aromatic carbocycles. The fourth-order valence-corrected chi connectivity index (χ4v) is 0.716. The molecule has 0 unspecified atom stereocenters. The second-order valence-corrected chi connectivity index (χ2v) is 2.05. The highest BCUT2D eigenvalue weighted by atomic mass is 19.1. The maximum atomic E-state index is 11.7. The average molecular weight is 153 g/mol. The van der Waals surface area contributed by atoms with Crippen molar-refractivity contribution < 1.29 is 9.18 Å². The predicted octanol–water partition coefficient (Wildman–Crippen LogP) is 1.59. The third kappa shape index (κ3) is 2.37. The van der Waals surface area contributed by atoms with Gasteiger partial charge in [0.05, 0.1) is 0 Å². The van der Waals surface area contributed by atoms with Gasteiger partial charge < -0.3 is 5.32 Å². The Bertz CT molecular complexity index is 235. The summed E-state index contributed by atoms with van der Waals surface area (Å²) in [6.45, 7) is -0.977. The van der Waals surface area contributed by atoms with Crippen LogP contribution in [0.2, 0.25) is 0 Å². The van der Waals surface area contributed by atoms with Crippen molar-refractivity contribution in [2.75, 3.05) is 12.0 Å². The summed E-state index contributed by atoms with van der Waals surface area (Å²) in [5.41, 5.74) is 0.621. The Balaban J connectivity index is 2.58. The quantitative estimate of drug-likeness (QED) is 0.686. The molecule has 0 saturated heterocycles. The maximum Gasteiger partial charge on any atom is 0.255 e. The minimum Gasteiger partial charge on any atom is -0.324 e. The minimum absolute atomic E-state index is 0.615. The number of anilines is 1. The van der Waals surface area contributed by atoms with Crippen LogP contribution in [0.25, 0.3) is 0 Å². The summed E-state index contributed by atoms with van der Waals surface area (Å²) in [6.07, 6.45) is 0. The Morgan fingerprint density at radius 3 is 2.55 bits per heavy atom. The molecule has 1 aromatic rings. The molecule has 1 amide bonds. The van der Waals surface area contributed by atoms with Crippen LogP contribution < -0.4 is 5.32 Å². The van der Waals surface area contributed by atoms with Crippen molar-refractivity contribution in [1.82, 2.24) is 0 Å². The molecular weight excluding hydrogens is 145 g/mol. The van der Waals surface area contributed by atoms with Crippen LogP contribution in [-0.2, 0) is 4.79 Å². The van der Waals surface area contributed by atoms with Crippen LogP contribution in [-0.4, -0.2) is 12.6 Å². The van der Waals surface area contributed by atoms with E-state index in [0.717, 1.165) is 0 Å². The molecule has 0 bridgehead atoms. The van der Waals surface area contributed by atoms with Gasteiger partial charge in [0, 0.05) is 5.69 Å². The second-order valence-electron chi connectivity index (χ2n) is 2.05. The molecule has 0 atom stereocenters. The number of para-hydroxylation sites is 1. The van der Waals surface area contributed by atoms with Gasteiger partial charge in [0.25, 0.3) is 5.91 Å². The van der Waals surface area contributed by atoms with E-state index in [9.17, 15) is 9.18 Å². The van der Waals surface area contributed by atoms with Crippen molar-refractivity contribution in [3.8, 4) is 0 Å². The molecule has 0 radical (unpaired) electrons. The van der Waals surface area contributed by atoms with E-state index in [1.54, 1.807) is 24.3 Å². The van der Waals surface area contributed by atoms with Gasteiger partial charge in [-0.25, -0.2) is 4.39 Å². The SMILES string of the molecule is O=C(CF)Nc1ccccc1. The lowest BCUT2D eigenvalue weighted by Gasteiger charge is -1.99. The van der Waals surface area contributed by atoms with Gasteiger partial charge in [-0.2, -0.15) is 0 Å². The molecule has 0 spiro atoms. The van der Waals surface area contributed by atoms with Crippen LogP contribution in [0.3, 0.4) is 0 Å². The lowest BCUT2D eigenvalue weighted by Crippen LogP contribution is -2.12. The molecule has 0 aliphatic carbocycles. The molecule has 0 heterocycles. The smallest absolute Gasteiger partial charge is 0.255 e. The van der Waals surface area contributed by atoms with Crippen LogP contribution in [0.15, 0.2) is 30.3 Å². The first-order chi connectivity index (χ1) is 5.33. The summed E-state index contributed by atoms with van der Waals surface area (Å²) in [5.74, 6) is -0.615. The number of rotatable bonds is 2. The predicted molar refractivity (Wildman–Crippen MR) is 41.0 cm³/mol. The van der Waals surface area contributed by atoms with Crippen molar-refractivity contribution in [3.63, 3.8) is 0 Å². The van der Waals surface area contributed by atoms with Gasteiger partial charge in [0.15, 0.2) is 6.67 Å². The van der Waals surface area contributed by atoms with Crippen LogP contribution in [0.5, 0.6) is 0 Å². The Hall–Kier alpha value is -1.38. The number of hydrogen-bond donors (Lipinski definition) is 1. The Kier molecular flexibility index (Phi) is 2.60. The molecule has 0 aromatic heterocycles. The van der Waals surface area contributed by atoms with Gasteiger partial charge in [0.2, 0.25) is 0 Å². The summed E-state index contributed by atoms with van der Waals surface area (Å²) in [6, 6.07) is 8.77. The zero-order valence-corrected chi connectivity index (χ0v) is 5.88. The Morgan fingerprint density at radius 2 is 2.00 bits per heavy atom. The number of carbonyl (C=O) groups is 1. The summed E-state index contributed by atoms with van der Waals surface area (Å²) in [5, 5.41) is 2.38. The highest BCUT2D eigenvalue weighted by molar-refractivity contribution is 5.91. The first kappa shape index (κ1) is 7.72. The molecule has 58 valence electrons. The monoisotopic (exact) mass is 153 g/mol. The fraction of sp³-hybridized carbons (Fsp3) is 0.125. The summed E-state index contributed by atoms with van der Waals surface area (Å²) in [4.78, 5) is 10.5. The number of carbonyl (C=O) groups excluding carboxylic acids is 1. The molecule has 3 heteroatoms. The fourth-order valence-electron chi connectivity index (χ4n) is 0.716. The van der Waals surface area contributed by atoms with E-state index in [-0.39, 0.29) is 0 Å². The summed E-state index contributed by atoms with van der Waals surface area (Å²) < 4.78 is 11.7. The van der Waals surface area contributed by atoms with Crippen molar-refractivity contribution in [2.45, 2.75) is 0 Å². The Labute approximate surface area is 64.0 Å². The normalized spacial score (nSPS) is 9.18. The lowest BCUT2D eigenvalue weighted by molar-refractivity contribution is -0.117. The average Bonchev–Trinajstić information content (AvgIpc) is 2.06. The third-order valence-corrected chi connectivity index (χ3v) is 1.18. The molecule has 0 aliphatic rings. The molecule has 0 aliphatic heterocycles. The maximum absolute atomic E-state index is 11.7. The molecule has 0 fully saturated rings. The number of amides is 1. The number of hydrogen-bond acceptors (Lipinski definition) is 1. The molecule has 1 rings (SSSR count). The highest BCUT2D eigenvalue weighted by Gasteiger charge is 1.97. The second kappa shape index (κ2) is 3.71. The van der Waals surface area contributed by atoms with Crippen molar-refractivity contribution >= 4 is 11.6 Å². The van der Waals surface area contributed by atoms with Crippen molar-refractivity contribution in [3.05, 3.63) is 30.3 Å². The van der Waals surface area contributed by atoms with Gasteiger partial charge in [-0.3, -0.25) is 4.79 Å². The first-order valence-electron chi connectivity index (χ1n) is 3.24. The molecule has 2 nitrogen and oxygen atoms in total. The molecular formula is C8H8FNO. The van der Waals surface area contributed by atoms with E-state index in [1.807, 2.05) is 6.07 Å². The third-order valence-electron chi connectivity index (χ3n) is 1.18. The molecule has 11 heavy (non-hydrogen) atoms.